The van der Waals surface area contributed by atoms with Gasteiger partial charge >= 0.3 is 6.09 Å². The van der Waals surface area contributed by atoms with E-state index < -0.39 is 22.0 Å². The number of benzene rings is 2. The Kier molecular flexibility index (Phi) is 8.48. The molecular formula is C23H29N3O7S. The Hall–Kier alpha value is -3.15. The molecular weight excluding hydrogens is 462 g/mol. The second kappa shape index (κ2) is 11.3. The van der Waals surface area contributed by atoms with E-state index in [1.165, 1.54) is 28.6 Å². The maximum atomic E-state index is 13.1. The van der Waals surface area contributed by atoms with E-state index in [1.54, 1.807) is 25.1 Å². The largest absolute Gasteiger partial charge is 0.489 e. The molecule has 10 nitrogen and oxygen atoms in total. The Morgan fingerprint density at radius 1 is 1.09 bits per heavy atom. The minimum Gasteiger partial charge on any atom is -0.489 e. The van der Waals surface area contributed by atoms with E-state index in [1.807, 2.05) is 13.8 Å². The Labute approximate surface area is 199 Å². The van der Waals surface area contributed by atoms with Crippen LogP contribution in [-0.4, -0.2) is 63.7 Å². The number of nitrogens with zero attached hydrogens (tertiary/aromatic N) is 1. The summed E-state index contributed by atoms with van der Waals surface area (Å²) in [6.07, 6.45) is -0.830. The molecule has 1 heterocycles. The molecule has 11 heteroatoms. The Bertz CT molecular complexity index is 1130. The van der Waals surface area contributed by atoms with Crippen molar-refractivity contribution in [2.75, 3.05) is 43.5 Å². The number of hydrogen-bond donors (Lipinski definition) is 2. The van der Waals surface area contributed by atoms with E-state index in [4.69, 9.17) is 14.2 Å². The molecule has 0 unspecified atom stereocenters. The summed E-state index contributed by atoms with van der Waals surface area (Å²) in [5.74, 6) is -0.160. The smallest absolute Gasteiger partial charge is 0.411 e. The van der Waals surface area contributed by atoms with E-state index in [0.29, 0.717) is 24.7 Å². The van der Waals surface area contributed by atoms with Gasteiger partial charge in [0.1, 0.15) is 5.75 Å². The summed E-state index contributed by atoms with van der Waals surface area (Å²) in [5, 5.41) is 5.28. The van der Waals surface area contributed by atoms with Crippen LogP contribution in [0.25, 0.3) is 0 Å². The summed E-state index contributed by atoms with van der Waals surface area (Å²) >= 11 is 0. The van der Waals surface area contributed by atoms with Gasteiger partial charge in [0.05, 0.1) is 36.5 Å². The monoisotopic (exact) mass is 491 g/mol. The van der Waals surface area contributed by atoms with E-state index in [2.05, 4.69) is 10.6 Å². The number of nitrogens with one attached hydrogen (secondary N) is 2. The third-order valence-corrected chi connectivity index (χ3v) is 6.71. The molecule has 0 saturated carbocycles. The van der Waals surface area contributed by atoms with Crippen LogP contribution in [0.5, 0.6) is 5.75 Å². The average molecular weight is 492 g/mol. The van der Waals surface area contributed by atoms with Gasteiger partial charge in [0.25, 0.3) is 5.91 Å². The molecule has 0 spiro atoms. The van der Waals surface area contributed by atoms with E-state index >= 15 is 0 Å². The van der Waals surface area contributed by atoms with Gasteiger partial charge in [0.2, 0.25) is 10.0 Å². The first-order valence-corrected chi connectivity index (χ1v) is 12.4. The first-order chi connectivity index (χ1) is 16.2. The molecule has 1 aliphatic heterocycles. The van der Waals surface area contributed by atoms with Gasteiger partial charge in [0, 0.05) is 24.3 Å². The summed E-state index contributed by atoms with van der Waals surface area (Å²) in [6, 6.07) is 10.7. The molecule has 2 amide bonds. The molecule has 1 aliphatic rings. The molecule has 1 saturated heterocycles. The number of ether oxygens (including phenoxy) is 3. The van der Waals surface area contributed by atoms with E-state index in [0.717, 1.165) is 0 Å². The van der Waals surface area contributed by atoms with Gasteiger partial charge in [0.15, 0.2) is 0 Å². The summed E-state index contributed by atoms with van der Waals surface area (Å²) in [6.45, 7) is 6.73. The molecule has 184 valence electrons. The van der Waals surface area contributed by atoms with Gasteiger partial charge in [-0.25, -0.2) is 13.2 Å². The zero-order valence-electron chi connectivity index (χ0n) is 19.4. The topological polar surface area (TPSA) is 123 Å². The lowest BCUT2D eigenvalue weighted by Crippen LogP contribution is -2.40. The van der Waals surface area contributed by atoms with Crippen LogP contribution in [-0.2, 0) is 19.5 Å². The van der Waals surface area contributed by atoms with Crippen LogP contribution in [0, 0.1) is 0 Å². The summed E-state index contributed by atoms with van der Waals surface area (Å²) in [5.41, 5.74) is 0.858. The maximum absolute atomic E-state index is 13.1. The number of carbonyl (C=O) groups is 2. The Balaban J connectivity index is 1.87. The predicted molar refractivity (Wildman–Crippen MR) is 127 cm³/mol. The van der Waals surface area contributed by atoms with Gasteiger partial charge in [-0.2, -0.15) is 4.31 Å². The highest BCUT2D eigenvalue weighted by Gasteiger charge is 2.27. The van der Waals surface area contributed by atoms with Crippen molar-refractivity contribution >= 4 is 33.4 Å². The lowest BCUT2D eigenvalue weighted by atomic mass is 10.1. The zero-order chi connectivity index (χ0) is 24.7. The fourth-order valence-corrected chi connectivity index (χ4v) is 4.71. The van der Waals surface area contributed by atoms with Crippen molar-refractivity contribution in [1.82, 2.24) is 4.31 Å². The minimum atomic E-state index is -3.77. The first kappa shape index (κ1) is 25.5. The molecule has 0 radical (unpaired) electrons. The Morgan fingerprint density at radius 3 is 2.50 bits per heavy atom. The first-order valence-electron chi connectivity index (χ1n) is 10.9. The van der Waals surface area contributed by atoms with Crippen molar-refractivity contribution in [1.29, 1.82) is 0 Å². The predicted octanol–water partition coefficient (Wildman–Crippen LogP) is 3.32. The average Bonchev–Trinajstić information content (AvgIpc) is 2.80. The number of carbonyl (C=O) groups excluding carboxylic acids is 2. The fraction of sp³-hybridized carbons (Fsp3) is 0.391. The normalized spacial score (nSPS) is 14.5. The summed E-state index contributed by atoms with van der Waals surface area (Å²) < 4.78 is 43.4. The fourth-order valence-electron chi connectivity index (χ4n) is 3.28. The highest BCUT2D eigenvalue weighted by molar-refractivity contribution is 7.89. The van der Waals surface area contributed by atoms with Crippen molar-refractivity contribution in [3.63, 3.8) is 0 Å². The third-order valence-electron chi connectivity index (χ3n) is 4.82. The van der Waals surface area contributed by atoms with Crippen LogP contribution >= 0.6 is 0 Å². The van der Waals surface area contributed by atoms with Crippen molar-refractivity contribution in [3.8, 4) is 5.75 Å². The number of amides is 2. The number of hydrogen-bond acceptors (Lipinski definition) is 7. The van der Waals surface area contributed by atoms with Crippen molar-refractivity contribution in [3.05, 3.63) is 48.0 Å². The molecule has 2 aromatic carbocycles. The van der Waals surface area contributed by atoms with Crippen LogP contribution in [0.15, 0.2) is 47.4 Å². The third kappa shape index (κ3) is 6.46. The van der Waals surface area contributed by atoms with Gasteiger partial charge in [-0.15, -0.1) is 0 Å². The van der Waals surface area contributed by atoms with Crippen LogP contribution in [0.4, 0.5) is 16.2 Å². The molecule has 3 rings (SSSR count). The summed E-state index contributed by atoms with van der Waals surface area (Å²) in [4.78, 5) is 24.7. The second-order valence-corrected chi connectivity index (χ2v) is 9.66. The highest BCUT2D eigenvalue weighted by Crippen LogP contribution is 2.31. The van der Waals surface area contributed by atoms with Crippen LogP contribution in [0.1, 0.15) is 31.1 Å². The molecule has 1 fully saturated rings. The van der Waals surface area contributed by atoms with Gasteiger partial charge in [-0.05, 0) is 57.2 Å². The molecule has 2 aromatic rings. The summed E-state index contributed by atoms with van der Waals surface area (Å²) in [7, 11) is -3.77. The second-order valence-electron chi connectivity index (χ2n) is 7.72. The number of anilines is 2. The van der Waals surface area contributed by atoms with Gasteiger partial charge in [-0.3, -0.25) is 10.1 Å². The number of rotatable bonds is 8. The lowest BCUT2D eigenvalue weighted by Gasteiger charge is -2.26. The van der Waals surface area contributed by atoms with Crippen molar-refractivity contribution < 1.29 is 32.2 Å². The lowest BCUT2D eigenvalue weighted by molar-refractivity contribution is 0.0730. The zero-order valence-corrected chi connectivity index (χ0v) is 20.2. The highest BCUT2D eigenvalue weighted by atomic mass is 32.2. The van der Waals surface area contributed by atoms with Crippen LogP contribution < -0.4 is 15.4 Å². The molecule has 0 aliphatic carbocycles. The molecule has 34 heavy (non-hydrogen) atoms. The van der Waals surface area contributed by atoms with E-state index in [-0.39, 0.29) is 41.9 Å². The number of morpholine rings is 1. The van der Waals surface area contributed by atoms with Crippen molar-refractivity contribution in [2.45, 2.75) is 31.8 Å². The molecule has 2 N–H and O–H groups in total. The molecule has 0 atom stereocenters. The quantitative estimate of drug-likeness (QED) is 0.581. The van der Waals surface area contributed by atoms with Crippen molar-refractivity contribution in [2.24, 2.45) is 0 Å². The van der Waals surface area contributed by atoms with E-state index in [9.17, 15) is 18.0 Å². The van der Waals surface area contributed by atoms with Crippen LogP contribution in [0.2, 0.25) is 0 Å². The van der Waals surface area contributed by atoms with Gasteiger partial charge < -0.3 is 19.5 Å². The molecule has 0 bridgehead atoms. The number of sulfonamides is 1. The minimum absolute atomic E-state index is 0.0403. The SMILES string of the molecule is CCOC(=O)Nc1cccc(C(=O)Nc2cc(S(=O)(=O)N3CCOCC3)ccc2OC(C)C)c1. The Morgan fingerprint density at radius 2 is 1.82 bits per heavy atom. The standard InChI is InChI=1S/C23H29N3O7S/c1-4-32-23(28)24-18-7-5-6-17(14-18)22(27)25-20-15-19(8-9-21(20)33-16(2)3)34(29,30)26-10-12-31-13-11-26/h5-9,14-16H,4,10-13H2,1-3H3,(H,24,28)(H,25,27). The maximum Gasteiger partial charge on any atom is 0.411 e. The molecule has 0 aromatic heterocycles. The van der Waals surface area contributed by atoms with Gasteiger partial charge in [-0.1, -0.05) is 6.07 Å². The van der Waals surface area contributed by atoms with Crippen LogP contribution in [0.3, 0.4) is 0 Å².